The summed E-state index contributed by atoms with van der Waals surface area (Å²) in [5.41, 5.74) is 8.86. The van der Waals surface area contributed by atoms with Crippen molar-refractivity contribution in [3.63, 3.8) is 0 Å². The fourth-order valence-corrected chi connectivity index (χ4v) is 3.33. The van der Waals surface area contributed by atoms with Gasteiger partial charge in [0, 0.05) is 35.8 Å². The van der Waals surface area contributed by atoms with Gasteiger partial charge >= 0.3 is 0 Å². The number of aliphatic imine (C=N–C) groups is 1. The third-order valence-electron chi connectivity index (χ3n) is 3.99. The van der Waals surface area contributed by atoms with Gasteiger partial charge in [0.1, 0.15) is 16.5 Å². The number of allylic oxidation sites excluding steroid dienone is 1. The van der Waals surface area contributed by atoms with E-state index in [2.05, 4.69) is 29.0 Å². The fraction of sp³-hybridized carbons (Fsp3) is 0.263. The van der Waals surface area contributed by atoms with E-state index in [9.17, 15) is 4.21 Å². The van der Waals surface area contributed by atoms with Crippen LogP contribution in [-0.4, -0.2) is 21.0 Å². The molecule has 2 heterocycles. The second-order valence-electron chi connectivity index (χ2n) is 5.76. The zero-order chi connectivity index (χ0) is 17.6. The molecule has 1 aliphatic rings. The number of aromatic nitrogens is 1. The maximum absolute atomic E-state index is 11.8. The molecule has 130 valence electrons. The molecule has 0 fully saturated rings. The van der Waals surface area contributed by atoms with Crippen LogP contribution in [0.1, 0.15) is 23.7 Å². The normalized spacial score (nSPS) is 16.4. The summed E-state index contributed by atoms with van der Waals surface area (Å²) in [7, 11) is -1.29. The Morgan fingerprint density at radius 2 is 1.88 bits per heavy atom. The van der Waals surface area contributed by atoms with E-state index < -0.39 is 10.8 Å². The minimum Gasteiger partial charge on any atom is -0.493 e. The van der Waals surface area contributed by atoms with Crippen molar-refractivity contribution in [1.29, 1.82) is 0 Å². The second-order valence-corrected chi connectivity index (χ2v) is 7.24. The number of amidine groups is 1. The van der Waals surface area contributed by atoms with E-state index in [1.165, 1.54) is 5.56 Å². The minimum absolute atomic E-state index is 0.176. The quantitative estimate of drug-likeness (QED) is 0.828. The number of hydrogen-bond donors (Lipinski definition) is 1. The fourth-order valence-electron chi connectivity index (χ4n) is 2.47. The predicted molar refractivity (Wildman–Crippen MR) is 101 cm³/mol. The molecule has 1 unspecified atom stereocenters. The van der Waals surface area contributed by atoms with E-state index >= 15 is 0 Å². The van der Waals surface area contributed by atoms with Gasteiger partial charge in [-0.2, -0.15) is 0 Å². The Balaban J connectivity index is 1.48. The zero-order valence-corrected chi connectivity index (χ0v) is 15.0. The monoisotopic (exact) mass is 355 g/mol. The van der Waals surface area contributed by atoms with Crippen molar-refractivity contribution in [2.75, 3.05) is 6.61 Å². The maximum Gasteiger partial charge on any atom is 0.194 e. The average Bonchev–Trinajstić information content (AvgIpc) is 2.96. The highest BCUT2D eigenvalue weighted by Gasteiger charge is 2.17. The van der Waals surface area contributed by atoms with E-state index in [4.69, 9.17) is 10.5 Å². The minimum atomic E-state index is -1.29. The first-order chi connectivity index (χ1) is 12.2. The molecule has 0 saturated carbocycles. The lowest BCUT2D eigenvalue weighted by molar-refractivity contribution is 0.320. The Bertz CT molecular complexity index is 812. The Labute approximate surface area is 150 Å². The predicted octanol–water partition coefficient (Wildman–Crippen LogP) is 2.73. The number of hydrogen-bond acceptors (Lipinski definition) is 5. The molecule has 0 saturated heterocycles. The van der Waals surface area contributed by atoms with Crippen molar-refractivity contribution >= 4 is 16.0 Å². The molecule has 6 heteroatoms. The zero-order valence-electron chi connectivity index (χ0n) is 14.1. The van der Waals surface area contributed by atoms with Crippen LogP contribution < -0.4 is 10.5 Å². The van der Waals surface area contributed by atoms with Gasteiger partial charge in [-0.1, -0.05) is 25.1 Å². The third kappa shape index (κ3) is 4.54. The summed E-state index contributed by atoms with van der Waals surface area (Å²) in [5.74, 6) is 0.811. The van der Waals surface area contributed by atoms with Crippen molar-refractivity contribution in [1.82, 2.24) is 4.98 Å². The Morgan fingerprint density at radius 3 is 2.48 bits per heavy atom. The highest BCUT2D eigenvalue weighted by atomic mass is 32.2. The Morgan fingerprint density at radius 1 is 1.12 bits per heavy atom. The van der Waals surface area contributed by atoms with Crippen LogP contribution in [0.25, 0.3) is 0 Å². The molecular weight excluding hydrogens is 334 g/mol. The van der Waals surface area contributed by atoms with Gasteiger partial charge in [0.15, 0.2) is 5.17 Å². The van der Waals surface area contributed by atoms with Gasteiger partial charge < -0.3 is 10.5 Å². The van der Waals surface area contributed by atoms with Crippen molar-refractivity contribution in [3.05, 3.63) is 70.5 Å². The SMILES string of the molecule is CCc1ccc(CCOc2ccc(CC3=CN=C(N)S3=O)cc2)nc1. The van der Waals surface area contributed by atoms with Gasteiger partial charge in [-0.15, -0.1) is 0 Å². The van der Waals surface area contributed by atoms with E-state index in [-0.39, 0.29) is 5.17 Å². The third-order valence-corrected chi connectivity index (χ3v) is 5.20. The lowest BCUT2D eigenvalue weighted by Crippen LogP contribution is -2.16. The van der Waals surface area contributed by atoms with Gasteiger partial charge in [0.25, 0.3) is 0 Å². The van der Waals surface area contributed by atoms with Gasteiger partial charge in [-0.25, -0.2) is 9.20 Å². The molecule has 5 nitrogen and oxygen atoms in total. The molecule has 0 radical (unpaired) electrons. The summed E-state index contributed by atoms with van der Waals surface area (Å²) < 4.78 is 17.6. The number of nitrogens with zero attached hydrogens (tertiary/aromatic N) is 2. The molecular formula is C19H21N3O2S. The molecule has 1 atom stereocenters. The van der Waals surface area contributed by atoms with Gasteiger partial charge in [-0.05, 0) is 35.7 Å². The number of nitrogens with two attached hydrogens (primary N) is 1. The van der Waals surface area contributed by atoms with E-state index in [1.54, 1.807) is 6.20 Å². The molecule has 0 aliphatic carbocycles. The van der Waals surface area contributed by atoms with Crippen LogP contribution in [0.2, 0.25) is 0 Å². The summed E-state index contributed by atoms with van der Waals surface area (Å²) in [6, 6.07) is 11.9. The summed E-state index contributed by atoms with van der Waals surface area (Å²) in [5, 5.41) is 0.176. The number of aryl methyl sites for hydroxylation is 1. The molecule has 1 aromatic heterocycles. The van der Waals surface area contributed by atoms with Crippen molar-refractivity contribution in [2.45, 2.75) is 26.2 Å². The molecule has 2 N–H and O–H groups in total. The highest BCUT2D eigenvalue weighted by Crippen LogP contribution is 2.19. The van der Waals surface area contributed by atoms with E-state index in [1.807, 2.05) is 30.5 Å². The van der Waals surface area contributed by atoms with Crippen LogP contribution in [0.3, 0.4) is 0 Å². The van der Waals surface area contributed by atoms with Crippen LogP contribution in [-0.2, 0) is 30.1 Å². The first kappa shape index (κ1) is 17.4. The highest BCUT2D eigenvalue weighted by molar-refractivity contribution is 8.04. The molecule has 2 aromatic rings. The first-order valence-electron chi connectivity index (χ1n) is 8.25. The summed E-state index contributed by atoms with van der Waals surface area (Å²) in [6.45, 7) is 2.70. The summed E-state index contributed by atoms with van der Waals surface area (Å²) >= 11 is 0. The Kier molecular flexibility index (Phi) is 5.60. The van der Waals surface area contributed by atoms with Crippen molar-refractivity contribution in [2.24, 2.45) is 10.7 Å². The van der Waals surface area contributed by atoms with Crippen LogP contribution in [0.4, 0.5) is 0 Å². The van der Waals surface area contributed by atoms with Crippen LogP contribution in [0, 0.1) is 0 Å². The molecule has 25 heavy (non-hydrogen) atoms. The maximum atomic E-state index is 11.8. The molecule has 0 amide bonds. The van der Waals surface area contributed by atoms with Gasteiger partial charge in [0.05, 0.1) is 6.61 Å². The molecule has 0 spiro atoms. The average molecular weight is 355 g/mol. The largest absolute Gasteiger partial charge is 0.493 e. The van der Waals surface area contributed by atoms with E-state index in [0.29, 0.717) is 13.0 Å². The van der Waals surface area contributed by atoms with E-state index in [0.717, 1.165) is 34.8 Å². The lowest BCUT2D eigenvalue weighted by Gasteiger charge is -2.08. The van der Waals surface area contributed by atoms with Gasteiger partial charge in [-0.3, -0.25) is 4.98 Å². The van der Waals surface area contributed by atoms with Crippen molar-refractivity contribution in [3.8, 4) is 5.75 Å². The summed E-state index contributed by atoms with van der Waals surface area (Å²) in [6.07, 6.45) is 5.85. The topological polar surface area (TPSA) is 77.6 Å². The lowest BCUT2D eigenvalue weighted by atomic mass is 10.1. The molecule has 1 aliphatic heterocycles. The number of rotatable bonds is 7. The molecule has 1 aromatic carbocycles. The van der Waals surface area contributed by atoms with Crippen LogP contribution in [0.5, 0.6) is 5.75 Å². The van der Waals surface area contributed by atoms with Gasteiger partial charge in [0.2, 0.25) is 0 Å². The number of ether oxygens (including phenoxy) is 1. The Hall–Kier alpha value is -2.47. The molecule has 3 rings (SSSR count). The number of benzene rings is 1. The first-order valence-corrected chi connectivity index (χ1v) is 9.40. The van der Waals surface area contributed by atoms with Crippen LogP contribution >= 0.6 is 0 Å². The second kappa shape index (κ2) is 8.07. The standard InChI is InChI=1S/C19H21N3O2S/c1-2-14-3-6-16(21-12-14)9-10-24-17-7-4-15(5-8-17)11-18-13-22-19(20)25(18)23/h3-8,12-13H,2,9-11H2,1H3,(H2,20,22). The summed E-state index contributed by atoms with van der Waals surface area (Å²) in [4.78, 5) is 9.05. The number of pyridine rings is 1. The smallest absolute Gasteiger partial charge is 0.194 e. The van der Waals surface area contributed by atoms with Crippen molar-refractivity contribution < 1.29 is 8.95 Å². The van der Waals surface area contributed by atoms with Crippen LogP contribution in [0.15, 0.2) is 58.7 Å². The molecule has 0 bridgehead atoms.